The van der Waals surface area contributed by atoms with Gasteiger partial charge in [-0.2, -0.15) is 0 Å². The van der Waals surface area contributed by atoms with Crippen LogP contribution < -0.4 is 5.73 Å². The molecule has 0 amide bonds. The van der Waals surface area contributed by atoms with E-state index in [0.29, 0.717) is 12.3 Å². The predicted molar refractivity (Wildman–Crippen MR) is 67.0 cm³/mol. The fourth-order valence-corrected chi connectivity index (χ4v) is 3.78. The number of benzene rings is 1. The first-order valence-corrected chi connectivity index (χ1v) is 6.87. The molecule has 1 nitrogen and oxygen atoms in total. The Bertz CT molecular complexity index is 414. The zero-order chi connectivity index (χ0) is 12.7. The third kappa shape index (κ3) is 2.05. The second kappa shape index (κ2) is 4.61. The topological polar surface area (TPSA) is 26.0 Å². The average Bonchev–Trinajstić information content (AvgIpc) is 3.08. The highest BCUT2D eigenvalue weighted by Crippen LogP contribution is 2.56. The van der Waals surface area contributed by atoms with Gasteiger partial charge in [0.25, 0.3) is 0 Å². The minimum atomic E-state index is -0.464. The Morgan fingerprint density at radius 1 is 1.11 bits per heavy atom. The van der Waals surface area contributed by atoms with Crippen molar-refractivity contribution in [3.63, 3.8) is 0 Å². The molecular weight excluding hydrogens is 232 g/mol. The van der Waals surface area contributed by atoms with Crippen LogP contribution in [0.3, 0.4) is 0 Å². The third-order valence-corrected chi connectivity index (χ3v) is 4.72. The molecule has 98 valence electrons. The van der Waals surface area contributed by atoms with Gasteiger partial charge in [0.2, 0.25) is 0 Å². The molecule has 0 bridgehead atoms. The van der Waals surface area contributed by atoms with Crippen molar-refractivity contribution in [3.8, 4) is 0 Å². The van der Waals surface area contributed by atoms with Gasteiger partial charge in [-0.3, -0.25) is 0 Å². The molecule has 2 fully saturated rings. The second-order valence-corrected chi connectivity index (χ2v) is 5.76. The molecule has 2 aliphatic carbocycles. The smallest absolute Gasteiger partial charge is 0.129 e. The Morgan fingerprint density at radius 3 is 2.22 bits per heavy atom. The van der Waals surface area contributed by atoms with E-state index in [-0.39, 0.29) is 11.6 Å². The van der Waals surface area contributed by atoms with Crippen LogP contribution >= 0.6 is 0 Å². The summed E-state index contributed by atoms with van der Waals surface area (Å²) in [6.45, 7) is 0. The highest BCUT2D eigenvalue weighted by Gasteiger charge is 2.53. The van der Waals surface area contributed by atoms with E-state index in [0.717, 1.165) is 11.8 Å². The van der Waals surface area contributed by atoms with E-state index in [2.05, 4.69) is 0 Å². The lowest BCUT2D eigenvalue weighted by Gasteiger charge is -2.13. The first-order valence-electron chi connectivity index (χ1n) is 6.87. The average molecular weight is 251 g/mol. The first-order chi connectivity index (χ1) is 8.68. The van der Waals surface area contributed by atoms with Crippen LogP contribution in [0.15, 0.2) is 18.2 Å². The van der Waals surface area contributed by atoms with Crippen LogP contribution in [0.5, 0.6) is 0 Å². The lowest BCUT2D eigenvalue weighted by Crippen LogP contribution is -2.27. The summed E-state index contributed by atoms with van der Waals surface area (Å²) in [5.41, 5.74) is 6.34. The number of rotatable bonds is 3. The normalized spacial score (nSPS) is 31.8. The minimum Gasteiger partial charge on any atom is -0.327 e. The molecule has 0 aliphatic heterocycles. The SMILES string of the molecule is NC(Cc1c(F)cccc1F)C1C2CCCCC21. The van der Waals surface area contributed by atoms with E-state index in [1.54, 1.807) is 0 Å². The summed E-state index contributed by atoms with van der Waals surface area (Å²) in [5, 5.41) is 0. The molecule has 3 atom stereocenters. The Balaban J connectivity index is 1.70. The van der Waals surface area contributed by atoms with Crippen LogP contribution in [0.1, 0.15) is 31.2 Å². The molecule has 2 N–H and O–H groups in total. The molecule has 0 aromatic heterocycles. The maximum absolute atomic E-state index is 13.6. The van der Waals surface area contributed by atoms with Gasteiger partial charge in [-0.1, -0.05) is 18.9 Å². The second-order valence-electron chi connectivity index (χ2n) is 5.76. The summed E-state index contributed by atoms with van der Waals surface area (Å²) in [7, 11) is 0. The Kier molecular flexibility index (Phi) is 3.10. The highest BCUT2D eigenvalue weighted by atomic mass is 19.1. The van der Waals surface area contributed by atoms with Gasteiger partial charge in [0.15, 0.2) is 0 Å². The molecular formula is C15H19F2N. The largest absolute Gasteiger partial charge is 0.327 e. The van der Waals surface area contributed by atoms with Crippen molar-refractivity contribution in [2.24, 2.45) is 23.5 Å². The van der Waals surface area contributed by atoms with Crippen LogP contribution in [0, 0.1) is 29.4 Å². The van der Waals surface area contributed by atoms with Gasteiger partial charge in [0.05, 0.1) is 0 Å². The van der Waals surface area contributed by atoms with Gasteiger partial charge in [-0.05, 0) is 49.1 Å². The molecule has 0 saturated heterocycles. The van der Waals surface area contributed by atoms with Gasteiger partial charge < -0.3 is 5.73 Å². The molecule has 0 heterocycles. The van der Waals surface area contributed by atoms with Crippen molar-refractivity contribution >= 4 is 0 Å². The Labute approximate surface area is 106 Å². The Morgan fingerprint density at radius 2 is 1.67 bits per heavy atom. The maximum atomic E-state index is 13.6. The van der Waals surface area contributed by atoms with Gasteiger partial charge in [-0.15, -0.1) is 0 Å². The van der Waals surface area contributed by atoms with E-state index < -0.39 is 11.6 Å². The van der Waals surface area contributed by atoms with Gasteiger partial charge in [0.1, 0.15) is 11.6 Å². The van der Waals surface area contributed by atoms with Crippen molar-refractivity contribution in [2.75, 3.05) is 0 Å². The van der Waals surface area contributed by atoms with Crippen LogP contribution in [-0.4, -0.2) is 6.04 Å². The van der Waals surface area contributed by atoms with E-state index in [1.807, 2.05) is 0 Å². The monoisotopic (exact) mass is 251 g/mol. The van der Waals surface area contributed by atoms with E-state index >= 15 is 0 Å². The third-order valence-electron chi connectivity index (χ3n) is 4.72. The maximum Gasteiger partial charge on any atom is 0.129 e. The molecule has 2 saturated carbocycles. The van der Waals surface area contributed by atoms with Gasteiger partial charge in [-0.25, -0.2) is 8.78 Å². The lowest BCUT2D eigenvalue weighted by atomic mass is 10.00. The summed E-state index contributed by atoms with van der Waals surface area (Å²) >= 11 is 0. The van der Waals surface area contributed by atoms with Gasteiger partial charge >= 0.3 is 0 Å². The molecule has 2 aliphatic rings. The standard InChI is InChI=1S/C15H19F2N/c16-12-6-3-7-13(17)11(12)8-14(18)15-9-4-1-2-5-10(9)15/h3,6-7,9-10,14-15H,1-2,4-5,8,18H2. The minimum absolute atomic E-state index is 0.0931. The quantitative estimate of drug-likeness (QED) is 0.876. The summed E-state index contributed by atoms with van der Waals surface area (Å²) in [4.78, 5) is 0. The van der Waals surface area contributed by atoms with Crippen LogP contribution in [0.2, 0.25) is 0 Å². The van der Waals surface area contributed by atoms with Crippen LogP contribution in [-0.2, 0) is 6.42 Å². The molecule has 0 radical (unpaired) electrons. The number of hydrogen-bond donors (Lipinski definition) is 1. The molecule has 3 rings (SSSR count). The first kappa shape index (κ1) is 12.1. The van der Waals surface area contributed by atoms with Crippen molar-refractivity contribution < 1.29 is 8.78 Å². The van der Waals surface area contributed by atoms with Crippen molar-refractivity contribution in [1.82, 2.24) is 0 Å². The van der Waals surface area contributed by atoms with E-state index in [9.17, 15) is 8.78 Å². The van der Waals surface area contributed by atoms with E-state index in [1.165, 1.54) is 43.9 Å². The Hall–Kier alpha value is -0.960. The van der Waals surface area contributed by atoms with Crippen LogP contribution in [0.4, 0.5) is 8.78 Å². The molecule has 3 unspecified atom stereocenters. The fraction of sp³-hybridized carbons (Fsp3) is 0.600. The summed E-state index contributed by atoms with van der Waals surface area (Å²) in [6, 6.07) is 3.93. The zero-order valence-corrected chi connectivity index (χ0v) is 10.4. The predicted octanol–water partition coefficient (Wildman–Crippen LogP) is 3.27. The molecule has 0 spiro atoms. The molecule has 18 heavy (non-hydrogen) atoms. The summed E-state index contributed by atoms with van der Waals surface area (Å²) in [5.74, 6) is 1.02. The zero-order valence-electron chi connectivity index (χ0n) is 10.4. The van der Waals surface area contributed by atoms with Crippen molar-refractivity contribution in [3.05, 3.63) is 35.4 Å². The highest BCUT2D eigenvalue weighted by molar-refractivity contribution is 5.22. The van der Waals surface area contributed by atoms with Crippen molar-refractivity contribution in [2.45, 2.75) is 38.1 Å². The number of nitrogens with two attached hydrogens (primary N) is 1. The molecule has 1 aromatic carbocycles. The lowest BCUT2D eigenvalue weighted by molar-refractivity contribution is 0.480. The molecule has 3 heteroatoms. The number of halogens is 2. The van der Waals surface area contributed by atoms with E-state index in [4.69, 9.17) is 5.73 Å². The van der Waals surface area contributed by atoms with Gasteiger partial charge in [0, 0.05) is 11.6 Å². The molecule has 1 aromatic rings. The number of fused-ring (bicyclic) bond motifs is 1. The summed E-state index contributed by atoms with van der Waals surface area (Å²) in [6.07, 6.45) is 5.42. The van der Waals surface area contributed by atoms with Crippen molar-refractivity contribution in [1.29, 1.82) is 0 Å². The fourth-order valence-electron chi connectivity index (χ4n) is 3.78. The number of hydrogen-bond acceptors (Lipinski definition) is 1. The van der Waals surface area contributed by atoms with Crippen LogP contribution in [0.25, 0.3) is 0 Å². The summed E-state index contributed by atoms with van der Waals surface area (Å²) < 4.78 is 27.1.